The number of carbonyl (C=O) groups excluding carboxylic acids is 2. The number of carboxylic acid groups (broad SMARTS) is 2. The van der Waals surface area contributed by atoms with Gasteiger partial charge in [0, 0.05) is 10.5 Å². The molecule has 2 atom stereocenters. The van der Waals surface area contributed by atoms with Crippen molar-refractivity contribution in [1.29, 1.82) is 0 Å². The van der Waals surface area contributed by atoms with E-state index in [0.29, 0.717) is 0 Å². The number of thioether (sulfide) groups is 1. The largest absolute Gasteiger partial charge is 2.00 e. The van der Waals surface area contributed by atoms with Gasteiger partial charge < -0.3 is 19.8 Å². The molecular weight excluding hydrogens is 227 g/mol. The van der Waals surface area contributed by atoms with Gasteiger partial charge in [0.15, 0.2) is 0 Å². The van der Waals surface area contributed by atoms with Crippen LogP contribution in [0, 0.1) is 0 Å². The zero-order valence-electron chi connectivity index (χ0n) is 6.53. The van der Waals surface area contributed by atoms with Crippen molar-refractivity contribution in [3.8, 4) is 0 Å². The van der Waals surface area contributed by atoms with Crippen molar-refractivity contribution in [3.05, 3.63) is 0 Å². The molecule has 2 unspecified atom stereocenters. The van der Waals surface area contributed by atoms with E-state index >= 15 is 0 Å². The van der Waals surface area contributed by atoms with Gasteiger partial charge in [-0.05, 0) is 13.8 Å². The van der Waals surface area contributed by atoms with Crippen molar-refractivity contribution in [2.24, 2.45) is 0 Å². The van der Waals surface area contributed by atoms with E-state index in [1.165, 1.54) is 13.8 Å². The summed E-state index contributed by atoms with van der Waals surface area (Å²) in [7, 11) is 0. The number of hydrogen-bond acceptors (Lipinski definition) is 5. The third-order valence-electron chi connectivity index (χ3n) is 1.07. The quantitative estimate of drug-likeness (QED) is 0.562. The first-order valence-electron chi connectivity index (χ1n) is 3.02. The Balaban J connectivity index is 0. The van der Waals surface area contributed by atoms with Gasteiger partial charge in [-0.15, -0.1) is 11.8 Å². The molecule has 4 nitrogen and oxygen atoms in total. The molecular formula is C6H8CoO4S. The fraction of sp³-hybridized carbons (Fsp3) is 0.667. The second-order valence-corrected chi connectivity index (χ2v) is 3.74. The molecule has 0 aliphatic heterocycles. The number of hydrogen-bond donors (Lipinski definition) is 0. The fourth-order valence-electron chi connectivity index (χ4n) is 0.417. The summed E-state index contributed by atoms with van der Waals surface area (Å²) < 4.78 is 0. The minimum atomic E-state index is -1.26. The smallest absolute Gasteiger partial charge is 0.549 e. The molecule has 0 aliphatic rings. The first kappa shape index (κ1) is 14.3. The van der Waals surface area contributed by atoms with Crippen LogP contribution >= 0.6 is 11.8 Å². The average molecular weight is 235 g/mol. The molecule has 0 amide bonds. The van der Waals surface area contributed by atoms with Crippen molar-refractivity contribution in [3.63, 3.8) is 0 Å². The van der Waals surface area contributed by atoms with E-state index in [1.54, 1.807) is 0 Å². The topological polar surface area (TPSA) is 80.3 Å². The Morgan fingerprint density at radius 2 is 1.33 bits per heavy atom. The van der Waals surface area contributed by atoms with E-state index < -0.39 is 22.4 Å². The van der Waals surface area contributed by atoms with Gasteiger partial charge in [-0.25, -0.2) is 0 Å². The molecule has 1 radical (unpaired) electrons. The van der Waals surface area contributed by atoms with Gasteiger partial charge in [0.25, 0.3) is 0 Å². The van der Waals surface area contributed by atoms with Crippen LogP contribution in [0.1, 0.15) is 13.8 Å². The Morgan fingerprint density at radius 1 is 1.08 bits per heavy atom. The summed E-state index contributed by atoms with van der Waals surface area (Å²) >= 11 is 0.792. The van der Waals surface area contributed by atoms with Crippen LogP contribution in [0.2, 0.25) is 0 Å². The summed E-state index contributed by atoms with van der Waals surface area (Å²) in [5, 5.41) is 18.6. The Morgan fingerprint density at radius 3 is 1.50 bits per heavy atom. The van der Waals surface area contributed by atoms with Gasteiger partial charge in [0.05, 0.1) is 11.9 Å². The SMILES string of the molecule is CC(SC(C)C(=O)[O-])C(=O)[O-].[Co+2]. The molecule has 0 bridgehead atoms. The van der Waals surface area contributed by atoms with Crippen LogP contribution in [0.25, 0.3) is 0 Å². The van der Waals surface area contributed by atoms with Crippen molar-refractivity contribution in [2.45, 2.75) is 24.3 Å². The molecule has 0 aromatic rings. The Hall–Kier alpha value is -0.204. The molecule has 71 valence electrons. The van der Waals surface area contributed by atoms with Crippen LogP contribution in [-0.2, 0) is 26.4 Å². The molecule has 0 saturated heterocycles. The van der Waals surface area contributed by atoms with Crippen molar-refractivity contribution < 1.29 is 36.6 Å². The van der Waals surface area contributed by atoms with Crippen LogP contribution in [0.4, 0.5) is 0 Å². The van der Waals surface area contributed by atoms with Gasteiger partial charge in [-0.2, -0.15) is 0 Å². The molecule has 0 aromatic heterocycles. The molecule has 0 rings (SSSR count). The van der Waals surface area contributed by atoms with Crippen LogP contribution in [0.3, 0.4) is 0 Å². The number of rotatable bonds is 4. The van der Waals surface area contributed by atoms with Crippen LogP contribution < -0.4 is 10.2 Å². The molecule has 0 fully saturated rings. The Kier molecular flexibility index (Phi) is 7.56. The van der Waals surface area contributed by atoms with E-state index in [2.05, 4.69) is 0 Å². The Labute approximate surface area is 84.9 Å². The van der Waals surface area contributed by atoms with Crippen molar-refractivity contribution in [2.75, 3.05) is 0 Å². The van der Waals surface area contributed by atoms with Gasteiger partial charge in [-0.1, -0.05) is 0 Å². The predicted octanol–water partition coefficient (Wildman–Crippen LogP) is -2.01. The minimum Gasteiger partial charge on any atom is -0.549 e. The van der Waals surface area contributed by atoms with E-state index in [1.807, 2.05) is 0 Å². The van der Waals surface area contributed by atoms with Crippen molar-refractivity contribution in [1.82, 2.24) is 0 Å². The Bertz CT molecular complexity index is 155. The molecule has 0 aromatic carbocycles. The predicted molar refractivity (Wildman–Crippen MR) is 36.5 cm³/mol. The van der Waals surface area contributed by atoms with Crippen LogP contribution in [0.5, 0.6) is 0 Å². The zero-order chi connectivity index (χ0) is 9.02. The standard InChI is InChI=1S/C6H10O4S.Co/c1-3(5(7)8)11-4(2)6(9)10;/h3-4H,1-2H3,(H,7,8)(H,9,10);/q;+2/p-2. The summed E-state index contributed by atoms with van der Waals surface area (Å²) in [6, 6.07) is 0. The van der Waals surface area contributed by atoms with E-state index in [-0.39, 0.29) is 16.8 Å². The first-order valence-corrected chi connectivity index (χ1v) is 3.96. The van der Waals surface area contributed by atoms with Gasteiger partial charge in [0.2, 0.25) is 0 Å². The number of carboxylic acids is 2. The monoisotopic (exact) mass is 235 g/mol. The molecule has 0 spiro atoms. The minimum absolute atomic E-state index is 0. The van der Waals surface area contributed by atoms with Gasteiger partial charge in [-0.3, -0.25) is 0 Å². The summed E-state index contributed by atoms with van der Waals surface area (Å²) in [6.45, 7) is 2.75. The summed E-state index contributed by atoms with van der Waals surface area (Å²) in [4.78, 5) is 20.2. The number of aliphatic carboxylic acids is 2. The third kappa shape index (κ3) is 5.45. The summed E-state index contributed by atoms with van der Waals surface area (Å²) in [6.07, 6.45) is 0. The van der Waals surface area contributed by atoms with Crippen LogP contribution in [0.15, 0.2) is 0 Å². The van der Waals surface area contributed by atoms with E-state index in [4.69, 9.17) is 0 Å². The van der Waals surface area contributed by atoms with Gasteiger partial charge >= 0.3 is 16.8 Å². The molecule has 0 heterocycles. The number of carbonyl (C=O) groups is 2. The first-order chi connectivity index (χ1) is 4.95. The summed E-state index contributed by atoms with van der Waals surface area (Å²) in [5.41, 5.74) is 0. The zero-order valence-corrected chi connectivity index (χ0v) is 8.39. The molecule has 0 aliphatic carbocycles. The van der Waals surface area contributed by atoms with Gasteiger partial charge in [0.1, 0.15) is 0 Å². The van der Waals surface area contributed by atoms with Crippen LogP contribution in [-0.4, -0.2) is 22.4 Å². The fourth-order valence-corrected chi connectivity index (χ4v) is 1.25. The molecule has 6 heteroatoms. The average Bonchev–Trinajstić information content (AvgIpc) is 1.87. The van der Waals surface area contributed by atoms with E-state index in [0.717, 1.165) is 11.8 Å². The second-order valence-electron chi connectivity index (χ2n) is 2.06. The van der Waals surface area contributed by atoms with Crippen molar-refractivity contribution >= 4 is 23.7 Å². The van der Waals surface area contributed by atoms with E-state index in [9.17, 15) is 19.8 Å². The molecule has 12 heavy (non-hydrogen) atoms. The summed E-state index contributed by atoms with van der Waals surface area (Å²) in [5.74, 6) is -2.52. The molecule has 0 saturated carbocycles. The maximum absolute atomic E-state index is 10.1. The molecule has 0 N–H and O–H groups in total. The maximum atomic E-state index is 10.1. The maximum Gasteiger partial charge on any atom is 2.00 e. The third-order valence-corrected chi connectivity index (χ3v) is 2.27. The second kappa shape index (κ2) is 6.33. The normalized spacial score (nSPS) is 14.2.